The standard InChI is InChI=1S/C9H13NO3.Na/c1-3-4-6-8(12)7(5(2)11)9(13)10-6;/h6,12H,3-4H2,1-2H3,(H,10,13);/q;+1/p-1. The van der Waals surface area contributed by atoms with Gasteiger partial charge in [0.05, 0.1) is 5.57 Å². The molecule has 1 aliphatic rings. The first-order chi connectivity index (χ1) is 6.07. The summed E-state index contributed by atoms with van der Waals surface area (Å²) in [7, 11) is 0. The van der Waals surface area contributed by atoms with Crippen LogP contribution in [0, 0.1) is 0 Å². The molecule has 0 spiro atoms. The summed E-state index contributed by atoms with van der Waals surface area (Å²) in [6.07, 6.45) is 1.41. The summed E-state index contributed by atoms with van der Waals surface area (Å²) in [4.78, 5) is 22.0. The Kier molecular flexibility index (Phi) is 5.41. The predicted molar refractivity (Wildman–Crippen MR) is 44.5 cm³/mol. The van der Waals surface area contributed by atoms with Crippen LogP contribution in [0.15, 0.2) is 11.3 Å². The molecule has 1 unspecified atom stereocenters. The first kappa shape index (κ1) is 13.7. The minimum absolute atomic E-state index is 0. The van der Waals surface area contributed by atoms with Gasteiger partial charge in [0.1, 0.15) is 0 Å². The zero-order valence-corrected chi connectivity index (χ0v) is 10.7. The molecule has 0 saturated carbocycles. The molecule has 0 aromatic rings. The molecular weight excluding hydrogens is 193 g/mol. The Hall–Kier alpha value is -0.320. The molecule has 14 heavy (non-hydrogen) atoms. The average Bonchev–Trinajstić information content (AvgIpc) is 2.28. The van der Waals surface area contributed by atoms with E-state index in [0.29, 0.717) is 6.42 Å². The number of rotatable bonds is 3. The number of Topliss-reactive ketones (excluding diaryl/α,β-unsaturated/α-hetero) is 1. The molecule has 1 heterocycles. The third kappa shape index (κ3) is 2.59. The van der Waals surface area contributed by atoms with Crippen molar-refractivity contribution < 1.29 is 44.3 Å². The number of hydrogen-bond acceptors (Lipinski definition) is 3. The monoisotopic (exact) mass is 205 g/mol. The topological polar surface area (TPSA) is 69.2 Å². The SMILES string of the molecule is CCCC1NC(=O)C(C(C)=O)=C1[O-].[Na+]. The van der Waals surface area contributed by atoms with Gasteiger partial charge in [-0.2, -0.15) is 0 Å². The summed E-state index contributed by atoms with van der Waals surface area (Å²) in [5.74, 6) is -1.31. The fraction of sp³-hybridized carbons (Fsp3) is 0.556. The molecule has 1 rings (SSSR count). The average molecular weight is 205 g/mol. The van der Waals surface area contributed by atoms with E-state index in [0.717, 1.165) is 6.42 Å². The maximum Gasteiger partial charge on any atom is 1.00 e. The van der Waals surface area contributed by atoms with Crippen LogP contribution in [-0.4, -0.2) is 17.7 Å². The summed E-state index contributed by atoms with van der Waals surface area (Å²) in [5, 5.41) is 13.9. The summed E-state index contributed by atoms with van der Waals surface area (Å²) in [5.41, 5.74) is -0.196. The van der Waals surface area contributed by atoms with Crippen molar-refractivity contribution in [3.63, 3.8) is 0 Å². The van der Waals surface area contributed by atoms with Crippen molar-refractivity contribution in [1.82, 2.24) is 5.32 Å². The second kappa shape index (κ2) is 5.53. The smallest absolute Gasteiger partial charge is 0.873 e. The maximum atomic E-state index is 11.4. The first-order valence-corrected chi connectivity index (χ1v) is 4.31. The quantitative estimate of drug-likeness (QED) is 0.384. The molecule has 0 bridgehead atoms. The zero-order valence-electron chi connectivity index (χ0n) is 8.72. The van der Waals surface area contributed by atoms with Crippen LogP contribution in [0.25, 0.3) is 0 Å². The number of nitrogens with one attached hydrogen (secondary N) is 1. The van der Waals surface area contributed by atoms with Crippen molar-refractivity contribution >= 4 is 11.7 Å². The summed E-state index contributed by atoms with van der Waals surface area (Å²) in [6.45, 7) is 3.16. The van der Waals surface area contributed by atoms with E-state index in [9.17, 15) is 14.7 Å². The molecule has 0 aromatic carbocycles. The molecule has 0 aliphatic carbocycles. The summed E-state index contributed by atoms with van der Waals surface area (Å²) >= 11 is 0. The van der Waals surface area contributed by atoms with Crippen molar-refractivity contribution in [1.29, 1.82) is 0 Å². The molecule has 1 amide bonds. The van der Waals surface area contributed by atoms with Crippen molar-refractivity contribution in [2.24, 2.45) is 0 Å². The van der Waals surface area contributed by atoms with Crippen LogP contribution < -0.4 is 40.0 Å². The van der Waals surface area contributed by atoms with Gasteiger partial charge in [0.2, 0.25) is 0 Å². The second-order valence-corrected chi connectivity index (χ2v) is 3.11. The fourth-order valence-electron chi connectivity index (χ4n) is 1.41. The fourth-order valence-corrected chi connectivity index (χ4v) is 1.41. The number of hydrogen-bond donors (Lipinski definition) is 1. The molecule has 5 heteroatoms. The van der Waals surface area contributed by atoms with E-state index >= 15 is 0 Å². The molecule has 0 fully saturated rings. The predicted octanol–water partition coefficient (Wildman–Crippen LogP) is -3.51. The van der Waals surface area contributed by atoms with Gasteiger partial charge in [0.25, 0.3) is 5.91 Å². The van der Waals surface area contributed by atoms with Crippen molar-refractivity contribution in [3.8, 4) is 0 Å². The van der Waals surface area contributed by atoms with E-state index in [1.54, 1.807) is 0 Å². The Balaban J connectivity index is 0.00000169. The molecule has 72 valence electrons. The molecule has 0 saturated heterocycles. The Morgan fingerprint density at radius 3 is 2.50 bits per heavy atom. The molecule has 0 radical (unpaired) electrons. The van der Waals surface area contributed by atoms with Gasteiger partial charge in [-0.3, -0.25) is 9.59 Å². The zero-order chi connectivity index (χ0) is 10.0. The van der Waals surface area contributed by atoms with E-state index < -0.39 is 17.7 Å². The van der Waals surface area contributed by atoms with Crippen LogP contribution in [0.4, 0.5) is 0 Å². The van der Waals surface area contributed by atoms with Crippen LogP contribution in [0.5, 0.6) is 0 Å². The van der Waals surface area contributed by atoms with Gasteiger partial charge in [-0.05, 0) is 13.3 Å². The van der Waals surface area contributed by atoms with Gasteiger partial charge >= 0.3 is 29.6 Å². The Labute approximate surface area is 105 Å². The largest absolute Gasteiger partial charge is 1.00 e. The summed E-state index contributed by atoms with van der Waals surface area (Å²) in [6, 6.07) is -0.476. The van der Waals surface area contributed by atoms with Crippen molar-refractivity contribution in [2.45, 2.75) is 32.7 Å². The van der Waals surface area contributed by atoms with Crippen LogP contribution >= 0.6 is 0 Å². The van der Waals surface area contributed by atoms with Gasteiger partial charge < -0.3 is 10.4 Å². The van der Waals surface area contributed by atoms with Crippen molar-refractivity contribution in [3.05, 3.63) is 11.3 Å². The van der Waals surface area contributed by atoms with E-state index in [4.69, 9.17) is 0 Å². The molecule has 1 aliphatic heterocycles. The van der Waals surface area contributed by atoms with Gasteiger partial charge in [-0.1, -0.05) is 19.1 Å². The second-order valence-electron chi connectivity index (χ2n) is 3.11. The van der Waals surface area contributed by atoms with Crippen molar-refractivity contribution in [2.75, 3.05) is 0 Å². The van der Waals surface area contributed by atoms with E-state index in [1.807, 2.05) is 6.92 Å². The van der Waals surface area contributed by atoms with E-state index in [-0.39, 0.29) is 40.9 Å². The number of carbonyl (C=O) groups is 2. The van der Waals surface area contributed by atoms with Gasteiger partial charge in [-0.15, -0.1) is 0 Å². The number of carbonyl (C=O) groups excluding carboxylic acids is 2. The Morgan fingerprint density at radius 1 is 1.57 bits per heavy atom. The van der Waals surface area contributed by atoms with Crippen LogP contribution in [-0.2, 0) is 9.59 Å². The van der Waals surface area contributed by atoms with E-state index in [1.165, 1.54) is 6.92 Å². The van der Waals surface area contributed by atoms with Crippen LogP contribution in [0.1, 0.15) is 26.7 Å². The van der Waals surface area contributed by atoms with Crippen LogP contribution in [0.2, 0.25) is 0 Å². The Morgan fingerprint density at radius 2 is 2.14 bits per heavy atom. The van der Waals surface area contributed by atoms with Crippen LogP contribution in [0.3, 0.4) is 0 Å². The molecule has 4 nitrogen and oxygen atoms in total. The van der Waals surface area contributed by atoms with Gasteiger partial charge in [0, 0.05) is 6.04 Å². The van der Waals surface area contributed by atoms with E-state index in [2.05, 4.69) is 5.32 Å². The first-order valence-electron chi connectivity index (χ1n) is 4.31. The Bertz CT molecular complexity index is 286. The molecular formula is C9H12NNaO3. The number of amides is 1. The minimum atomic E-state index is -0.518. The third-order valence-electron chi connectivity index (χ3n) is 2.02. The normalized spacial score (nSPS) is 20.4. The molecule has 1 atom stereocenters. The van der Waals surface area contributed by atoms with Gasteiger partial charge in [0.15, 0.2) is 5.78 Å². The van der Waals surface area contributed by atoms with Gasteiger partial charge in [-0.25, -0.2) is 0 Å². The minimum Gasteiger partial charge on any atom is -0.873 e. The summed E-state index contributed by atoms with van der Waals surface area (Å²) < 4.78 is 0. The molecule has 1 N–H and O–H groups in total. The number of ketones is 1. The molecule has 0 aromatic heterocycles. The maximum absolute atomic E-state index is 11.4. The third-order valence-corrected chi connectivity index (χ3v) is 2.02.